The molecule has 1 rings (SSSR count). The summed E-state index contributed by atoms with van der Waals surface area (Å²) in [6.45, 7) is 6.36. The van der Waals surface area contributed by atoms with Gasteiger partial charge in [0.25, 0.3) is 0 Å². The molecule has 1 aliphatic heterocycles. The molecule has 0 radical (unpaired) electrons. The molecule has 0 aliphatic carbocycles. The van der Waals surface area contributed by atoms with Crippen LogP contribution >= 0.6 is 0 Å². The fourth-order valence-corrected chi connectivity index (χ4v) is 2.57. The van der Waals surface area contributed by atoms with Crippen LogP contribution in [-0.2, 0) is 4.74 Å². The first-order valence-electron chi connectivity index (χ1n) is 6.64. The summed E-state index contributed by atoms with van der Waals surface area (Å²) in [7, 11) is 1.72. The van der Waals surface area contributed by atoms with Crippen LogP contribution < -0.4 is 0 Å². The van der Waals surface area contributed by atoms with Crippen LogP contribution in [0.3, 0.4) is 0 Å². The van der Waals surface area contributed by atoms with Crippen molar-refractivity contribution in [3.63, 3.8) is 0 Å². The van der Waals surface area contributed by atoms with Crippen LogP contribution in [0.15, 0.2) is 0 Å². The van der Waals surface area contributed by atoms with Gasteiger partial charge in [-0.05, 0) is 51.6 Å². The zero-order chi connectivity index (χ0) is 11.9. The first-order chi connectivity index (χ1) is 7.70. The monoisotopic (exact) mass is 229 g/mol. The van der Waals surface area contributed by atoms with Crippen molar-refractivity contribution in [1.82, 2.24) is 4.90 Å². The molecule has 0 aromatic heterocycles. The maximum absolute atomic E-state index is 10.5. The van der Waals surface area contributed by atoms with Crippen molar-refractivity contribution in [2.75, 3.05) is 33.4 Å². The number of methoxy groups -OCH3 is 1. The summed E-state index contributed by atoms with van der Waals surface area (Å²) in [6.07, 6.45) is 6.08. The predicted molar refractivity (Wildman–Crippen MR) is 66.6 cm³/mol. The minimum absolute atomic E-state index is 0.430. The summed E-state index contributed by atoms with van der Waals surface area (Å²) in [5.41, 5.74) is -0.430. The number of aliphatic hydroxyl groups is 1. The van der Waals surface area contributed by atoms with Crippen LogP contribution in [0.2, 0.25) is 0 Å². The molecule has 1 saturated heterocycles. The highest BCUT2D eigenvalue weighted by atomic mass is 16.5. The summed E-state index contributed by atoms with van der Waals surface area (Å²) in [4.78, 5) is 2.48. The van der Waals surface area contributed by atoms with E-state index in [0.29, 0.717) is 0 Å². The third kappa shape index (κ3) is 4.81. The molecule has 16 heavy (non-hydrogen) atoms. The van der Waals surface area contributed by atoms with E-state index in [2.05, 4.69) is 11.8 Å². The Balaban J connectivity index is 2.32. The van der Waals surface area contributed by atoms with Gasteiger partial charge in [-0.1, -0.05) is 6.92 Å². The lowest BCUT2D eigenvalue weighted by Crippen LogP contribution is -2.31. The fraction of sp³-hybridized carbons (Fsp3) is 1.00. The van der Waals surface area contributed by atoms with Gasteiger partial charge in [0.15, 0.2) is 0 Å². The van der Waals surface area contributed by atoms with Gasteiger partial charge >= 0.3 is 0 Å². The Hall–Kier alpha value is -0.120. The maximum atomic E-state index is 10.5. The summed E-state index contributed by atoms with van der Waals surface area (Å²) in [6, 6.07) is 0. The lowest BCUT2D eigenvalue weighted by molar-refractivity contribution is 0.00918. The lowest BCUT2D eigenvalue weighted by Gasteiger charge is -2.26. The van der Waals surface area contributed by atoms with Gasteiger partial charge in [-0.15, -0.1) is 0 Å². The number of hydrogen-bond donors (Lipinski definition) is 1. The Bertz CT molecular complexity index is 187. The van der Waals surface area contributed by atoms with Gasteiger partial charge in [0.05, 0.1) is 5.60 Å². The number of hydrogen-bond acceptors (Lipinski definition) is 3. The van der Waals surface area contributed by atoms with Crippen LogP contribution in [0.1, 0.15) is 45.4 Å². The van der Waals surface area contributed by atoms with Crippen LogP contribution in [-0.4, -0.2) is 49.0 Å². The quantitative estimate of drug-likeness (QED) is 0.708. The van der Waals surface area contributed by atoms with Gasteiger partial charge in [0.1, 0.15) is 0 Å². The molecule has 0 amide bonds. The van der Waals surface area contributed by atoms with E-state index in [1.807, 2.05) is 0 Å². The van der Waals surface area contributed by atoms with Crippen LogP contribution in [0.4, 0.5) is 0 Å². The van der Waals surface area contributed by atoms with Crippen molar-refractivity contribution >= 4 is 0 Å². The average molecular weight is 229 g/mol. The summed E-state index contributed by atoms with van der Waals surface area (Å²) < 4.78 is 5.05. The van der Waals surface area contributed by atoms with E-state index in [4.69, 9.17) is 4.74 Å². The zero-order valence-corrected chi connectivity index (χ0v) is 10.9. The molecule has 96 valence electrons. The van der Waals surface area contributed by atoms with E-state index in [-0.39, 0.29) is 0 Å². The number of likely N-dealkylation sites (tertiary alicyclic amines) is 1. The molecule has 1 N–H and O–H groups in total. The van der Waals surface area contributed by atoms with Gasteiger partial charge in [-0.25, -0.2) is 0 Å². The third-order valence-corrected chi connectivity index (χ3v) is 3.54. The van der Waals surface area contributed by atoms with Crippen molar-refractivity contribution in [3.05, 3.63) is 0 Å². The maximum Gasteiger partial charge on any atom is 0.0661 e. The van der Waals surface area contributed by atoms with Crippen LogP contribution in [0, 0.1) is 0 Å². The average Bonchev–Trinajstić information content (AvgIpc) is 2.43. The molecule has 1 unspecified atom stereocenters. The molecule has 3 nitrogen and oxygen atoms in total. The lowest BCUT2D eigenvalue weighted by atomic mass is 9.90. The molecule has 1 fully saturated rings. The predicted octanol–water partition coefficient (Wildman–Crippen LogP) is 2.04. The molecule has 1 aliphatic rings. The van der Waals surface area contributed by atoms with E-state index in [1.165, 1.54) is 13.0 Å². The third-order valence-electron chi connectivity index (χ3n) is 3.54. The highest BCUT2D eigenvalue weighted by Gasteiger charge is 2.29. The standard InChI is InChI=1S/C13H27NO2/c1-3-9-14-10-4-6-13(15,8-11-14)7-5-12-16-2/h15H,3-12H2,1-2H3. The van der Waals surface area contributed by atoms with E-state index >= 15 is 0 Å². The number of nitrogens with zero attached hydrogens (tertiary/aromatic N) is 1. The van der Waals surface area contributed by atoms with E-state index < -0.39 is 5.60 Å². The summed E-state index contributed by atoms with van der Waals surface area (Å²) >= 11 is 0. The normalized spacial score (nSPS) is 27.9. The van der Waals surface area contributed by atoms with Crippen LogP contribution in [0.25, 0.3) is 0 Å². The molecule has 0 saturated carbocycles. The second-order valence-electron chi connectivity index (χ2n) is 5.02. The van der Waals surface area contributed by atoms with Gasteiger partial charge in [0.2, 0.25) is 0 Å². The van der Waals surface area contributed by atoms with Crippen molar-refractivity contribution in [3.8, 4) is 0 Å². The Kier molecular flexibility index (Phi) is 6.32. The first-order valence-corrected chi connectivity index (χ1v) is 6.64. The molecule has 0 bridgehead atoms. The Labute approximate surface area is 99.8 Å². The van der Waals surface area contributed by atoms with Gasteiger partial charge < -0.3 is 14.7 Å². The molecule has 1 heterocycles. The Morgan fingerprint density at radius 2 is 2.12 bits per heavy atom. The summed E-state index contributed by atoms with van der Waals surface area (Å²) in [5, 5.41) is 10.5. The van der Waals surface area contributed by atoms with E-state index in [1.54, 1.807) is 7.11 Å². The minimum Gasteiger partial charge on any atom is -0.390 e. The van der Waals surface area contributed by atoms with Gasteiger partial charge in [-0.2, -0.15) is 0 Å². The van der Waals surface area contributed by atoms with E-state index in [9.17, 15) is 5.11 Å². The number of rotatable bonds is 6. The molecular weight excluding hydrogens is 202 g/mol. The second-order valence-corrected chi connectivity index (χ2v) is 5.02. The zero-order valence-electron chi connectivity index (χ0n) is 10.9. The SMILES string of the molecule is CCCN1CCCC(O)(CCCOC)CC1. The second kappa shape index (κ2) is 7.25. The van der Waals surface area contributed by atoms with Crippen molar-refractivity contribution in [1.29, 1.82) is 0 Å². The molecular formula is C13H27NO2. The smallest absolute Gasteiger partial charge is 0.0661 e. The topological polar surface area (TPSA) is 32.7 Å². The summed E-state index contributed by atoms with van der Waals surface area (Å²) in [5.74, 6) is 0. The largest absolute Gasteiger partial charge is 0.390 e. The Morgan fingerprint density at radius 1 is 1.31 bits per heavy atom. The fourth-order valence-electron chi connectivity index (χ4n) is 2.57. The molecule has 1 atom stereocenters. The molecule has 0 aromatic rings. The first kappa shape index (κ1) is 13.9. The van der Waals surface area contributed by atoms with Crippen molar-refractivity contribution in [2.45, 2.75) is 51.0 Å². The highest BCUT2D eigenvalue weighted by Crippen LogP contribution is 2.27. The highest BCUT2D eigenvalue weighted by molar-refractivity contribution is 4.83. The van der Waals surface area contributed by atoms with Gasteiger partial charge in [-0.3, -0.25) is 0 Å². The molecule has 3 heteroatoms. The molecule has 0 aromatic carbocycles. The minimum atomic E-state index is -0.430. The van der Waals surface area contributed by atoms with Crippen molar-refractivity contribution < 1.29 is 9.84 Å². The molecule has 0 spiro atoms. The number of ether oxygens (including phenoxy) is 1. The Morgan fingerprint density at radius 3 is 2.81 bits per heavy atom. The van der Waals surface area contributed by atoms with Crippen LogP contribution in [0.5, 0.6) is 0 Å². The van der Waals surface area contributed by atoms with Gasteiger partial charge in [0, 0.05) is 20.3 Å². The van der Waals surface area contributed by atoms with Crippen molar-refractivity contribution in [2.24, 2.45) is 0 Å². The van der Waals surface area contributed by atoms with E-state index in [0.717, 1.165) is 51.8 Å².